The highest BCUT2D eigenvalue weighted by molar-refractivity contribution is 8.18. The van der Waals surface area contributed by atoms with Crippen LogP contribution in [-0.2, 0) is 4.79 Å². The van der Waals surface area contributed by atoms with Crippen LogP contribution >= 0.6 is 11.8 Å². The van der Waals surface area contributed by atoms with Gasteiger partial charge in [0.15, 0.2) is 16.7 Å². The lowest BCUT2D eigenvalue weighted by molar-refractivity contribution is -0.115. The number of carbonyl (C=O) groups is 1. The van der Waals surface area contributed by atoms with Crippen molar-refractivity contribution in [3.05, 3.63) is 58.5 Å². The number of benzene rings is 2. The van der Waals surface area contributed by atoms with E-state index in [0.29, 0.717) is 29.0 Å². The molecule has 1 fully saturated rings. The molecule has 3 rings (SSSR count). The maximum atomic E-state index is 12.4. The molecule has 0 atom stereocenters. The zero-order valence-corrected chi connectivity index (χ0v) is 20.7. The molecule has 0 aromatic heterocycles. The highest BCUT2D eigenvalue weighted by atomic mass is 32.2. The third kappa shape index (κ3) is 7.97. The first-order chi connectivity index (χ1) is 16.1. The molecule has 0 radical (unpaired) electrons. The fraction of sp³-hybridized carbons (Fsp3) is 0.407. The largest absolute Gasteiger partial charge is 0.490 e. The highest BCUT2D eigenvalue weighted by Gasteiger charge is 2.24. The molecule has 1 heterocycles. The standard InChI is InChI=1S/C27H34N2O3S/c1-4-6-7-8-9-10-17-32-23-16-13-21(18-24(23)31-5-2)19-25-26(30)29-27(33-25)28-22-14-11-20(3)12-15-22/h11-16,18-19H,4-10,17H2,1-3H3,(H,28,29,30)/b25-19+. The number of hydrogen-bond acceptors (Lipinski definition) is 5. The van der Waals surface area contributed by atoms with Crippen molar-refractivity contribution in [1.29, 1.82) is 0 Å². The van der Waals surface area contributed by atoms with Crippen LogP contribution in [-0.4, -0.2) is 24.3 Å². The lowest BCUT2D eigenvalue weighted by Crippen LogP contribution is -2.19. The lowest BCUT2D eigenvalue weighted by Gasteiger charge is -2.13. The van der Waals surface area contributed by atoms with Crippen molar-refractivity contribution in [1.82, 2.24) is 5.32 Å². The average Bonchev–Trinajstić information content (AvgIpc) is 3.14. The minimum Gasteiger partial charge on any atom is -0.490 e. The van der Waals surface area contributed by atoms with E-state index in [2.05, 4.69) is 17.2 Å². The van der Waals surface area contributed by atoms with Gasteiger partial charge in [-0.25, -0.2) is 4.99 Å². The summed E-state index contributed by atoms with van der Waals surface area (Å²) in [7, 11) is 0. The van der Waals surface area contributed by atoms with E-state index in [9.17, 15) is 4.79 Å². The van der Waals surface area contributed by atoms with Gasteiger partial charge in [-0.2, -0.15) is 0 Å². The van der Waals surface area contributed by atoms with Crippen LogP contribution in [0.4, 0.5) is 5.69 Å². The van der Waals surface area contributed by atoms with Gasteiger partial charge in [0.1, 0.15) is 0 Å². The SMILES string of the molecule is CCCCCCCCOc1ccc(/C=C2/SC(=Nc3ccc(C)cc3)NC2=O)cc1OCC. The molecule has 5 nitrogen and oxygen atoms in total. The smallest absolute Gasteiger partial charge is 0.264 e. The second-order valence-electron chi connectivity index (χ2n) is 8.07. The minimum absolute atomic E-state index is 0.146. The normalized spacial score (nSPS) is 15.8. The van der Waals surface area contributed by atoms with Gasteiger partial charge in [-0.1, -0.05) is 62.8 Å². The Bertz CT molecular complexity index is 983. The monoisotopic (exact) mass is 466 g/mol. The zero-order chi connectivity index (χ0) is 23.5. The van der Waals surface area contributed by atoms with Gasteiger partial charge in [-0.15, -0.1) is 0 Å². The lowest BCUT2D eigenvalue weighted by atomic mass is 10.1. The van der Waals surface area contributed by atoms with Crippen molar-refractivity contribution < 1.29 is 14.3 Å². The summed E-state index contributed by atoms with van der Waals surface area (Å²) in [5.41, 5.74) is 2.88. The Hall–Kier alpha value is -2.73. The first kappa shape index (κ1) is 24.9. The van der Waals surface area contributed by atoms with Crippen molar-refractivity contribution >= 4 is 34.6 Å². The minimum atomic E-state index is -0.146. The third-order valence-corrected chi connectivity index (χ3v) is 6.15. The number of aryl methyl sites for hydroxylation is 1. The topological polar surface area (TPSA) is 59.9 Å². The molecular formula is C27H34N2O3S. The quantitative estimate of drug-likeness (QED) is 0.270. The number of unbranched alkanes of at least 4 members (excludes halogenated alkanes) is 5. The van der Waals surface area contributed by atoms with Crippen LogP contribution < -0.4 is 14.8 Å². The predicted octanol–water partition coefficient (Wildman–Crippen LogP) is 7.02. The van der Waals surface area contributed by atoms with Crippen molar-refractivity contribution in [2.24, 2.45) is 4.99 Å². The van der Waals surface area contributed by atoms with Crippen LogP contribution in [0.15, 0.2) is 52.4 Å². The number of aliphatic imine (C=N–C) groups is 1. The number of amides is 1. The van der Waals surface area contributed by atoms with Gasteiger partial charge in [-0.05, 0) is 67.9 Å². The van der Waals surface area contributed by atoms with Crippen molar-refractivity contribution in [3.8, 4) is 11.5 Å². The Balaban J connectivity index is 1.63. The van der Waals surface area contributed by atoms with E-state index in [1.54, 1.807) is 0 Å². The number of hydrogen-bond donors (Lipinski definition) is 1. The molecule has 1 N–H and O–H groups in total. The molecule has 6 heteroatoms. The molecule has 1 aliphatic rings. The first-order valence-electron chi connectivity index (χ1n) is 11.8. The maximum absolute atomic E-state index is 12.4. The van der Waals surface area contributed by atoms with Crippen LogP contribution in [0.5, 0.6) is 11.5 Å². The molecule has 0 aliphatic carbocycles. The fourth-order valence-electron chi connectivity index (χ4n) is 3.43. The van der Waals surface area contributed by atoms with E-state index in [1.165, 1.54) is 49.4 Å². The molecule has 2 aromatic carbocycles. The number of rotatable bonds is 12. The molecule has 0 spiro atoms. The van der Waals surface area contributed by atoms with Crippen LogP contribution in [0.1, 0.15) is 63.5 Å². The van der Waals surface area contributed by atoms with Crippen LogP contribution in [0.2, 0.25) is 0 Å². The summed E-state index contributed by atoms with van der Waals surface area (Å²) in [6, 6.07) is 13.7. The summed E-state index contributed by atoms with van der Waals surface area (Å²) >= 11 is 1.34. The molecule has 176 valence electrons. The molecule has 0 saturated carbocycles. The second kappa shape index (κ2) is 13.1. The summed E-state index contributed by atoms with van der Waals surface area (Å²) in [5, 5.41) is 3.42. The van der Waals surface area contributed by atoms with E-state index in [-0.39, 0.29) is 5.91 Å². The van der Waals surface area contributed by atoms with Crippen molar-refractivity contribution in [3.63, 3.8) is 0 Å². The molecule has 1 amide bonds. The number of nitrogens with zero attached hydrogens (tertiary/aromatic N) is 1. The maximum Gasteiger partial charge on any atom is 0.264 e. The van der Waals surface area contributed by atoms with E-state index >= 15 is 0 Å². The third-order valence-electron chi connectivity index (χ3n) is 5.24. The van der Waals surface area contributed by atoms with Gasteiger partial charge in [0.2, 0.25) is 0 Å². The molecule has 2 aromatic rings. The van der Waals surface area contributed by atoms with Crippen LogP contribution in [0, 0.1) is 6.92 Å². The molecule has 1 aliphatic heterocycles. The Morgan fingerprint density at radius 1 is 0.939 bits per heavy atom. The Kier molecular flexibility index (Phi) is 9.88. The van der Waals surface area contributed by atoms with E-state index in [4.69, 9.17) is 9.47 Å². The van der Waals surface area contributed by atoms with Crippen LogP contribution in [0.3, 0.4) is 0 Å². The second-order valence-corrected chi connectivity index (χ2v) is 9.10. The number of amidine groups is 1. The summed E-state index contributed by atoms with van der Waals surface area (Å²) in [5.74, 6) is 1.31. The summed E-state index contributed by atoms with van der Waals surface area (Å²) in [6.07, 6.45) is 9.22. The van der Waals surface area contributed by atoms with Crippen molar-refractivity contribution in [2.75, 3.05) is 13.2 Å². The zero-order valence-electron chi connectivity index (χ0n) is 19.9. The van der Waals surface area contributed by atoms with E-state index in [1.807, 2.05) is 62.4 Å². The van der Waals surface area contributed by atoms with Crippen molar-refractivity contribution in [2.45, 2.75) is 59.3 Å². The number of nitrogens with one attached hydrogen (secondary N) is 1. The average molecular weight is 467 g/mol. The Morgan fingerprint density at radius 3 is 2.45 bits per heavy atom. The molecule has 0 bridgehead atoms. The first-order valence-corrected chi connectivity index (χ1v) is 12.7. The Morgan fingerprint density at radius 2 is 1.70 bits per heavy atom. The summed E-state index contributed by atoms with van der Waals surface area (Å²) < 4.78 is 11.8. The number of ether oxygens (including phenoxy) is 2. The number of carbonyl (C=O) groups excluding carboxylic acids is 1. The molecule has 33 heavy (non-hydrogen) atoms. The molecule has 1 saturated heterocycles. The van der Waals surface area contributed by atoms with Gasteiger partial charge < -0.3 is 14.8 Å². The van der Waals surface area contributed by atoms with Gasteiger partial charge in [0.05, 0.1) is 23.8 Å². The summed E-state index contributed by atoms with van der Waals surface area (Å²) in [4.78, 5) is 17.6. The van der Waals surface area contributed by atoms with Gasteiger partial charge >= 0.3 is 0 Å². The summed E-state index contributed by atoms with van der Waals surface area (Å²) in [6.45, 7) is 7.45. The predicted molar refractivity (Wildman–Crippen MR) is 138 cm³/mol. The Labute approximate surface area is 201 Å². The number of thioether (sulfide) groups is 1. The van der Waals surface area contributed by atoms with Gasteiger partial charge in [0.25, 0.3) is 5.91 Å². The highest BCUT2D eigenvalue weighted by Crippen LogP contribution is 2.32. The van der Waals surface area contributed by atoms with E-state index in [0.717, 1.165) is 23.4 Å². The van der Waals surface area contributed by atoms with Gasteiger partial charge in [0, 0.05) is 0 Å². The molecular weight excluding hydrogens is 432 g/mol. The van der Waals surface area contributed by atoms with E-state index < -0.39 is 0 Å². The van der Waals surface area contributed by atoms with Gasteiger partial charge in [-0.3, -0.25) is 4.79 Å². The fourth-order valence-corrected chi connectivity index (χ4v) is 4.28. The van der Waals surface area contributed by atoms with Crippen LogP contribution in [0.25, 0.3) is 6.08 Å². The molecule has 0 unspecified atom stereocenters.